The predicted molar refractivity (Wildman–Crippen MR) is 123 cm³/mol. The lowest BCUT2D eigenvalue weighted by molar-refractivity contribution is -0.886. The van der Waals surface area contributed by atoms with Gasteiger partial charge in [-0.05, 0) is 33.5 Å². The van der Waals surface area contributed by atoms with Gasteiger partial charge in [-0.15, -0.1) is 5.10 Å². The van der Waals surface area contributed by atoms with Crippen LogP contribution >= 0.6 is 23.2 Å². The number of aromatic nitrogens is 4. The first-order valence-corrected chi connectivity index (χ1v) is 10.7. The molecule has 7 heteroatoms. The summed E-state index contributed by atoms with van der Waals surface area (Å²) in [6.45, 7) is 6.53. The fourth-order valence-corrected chi connectivity index (χ4v) is 4.01. The van der Waals surface area contributed by atoms with Crippen molar-refractivity contribution in [2.45, 2.75) is 32.9 Å². The molecule has 0 unspecified atom stereocenters. The molecule has 0 bridgehead atoms. The molecule has 5 nitrogen and oxygen atoms in total. The van der Waals surface area contributed by atoms with Gasteiger partial charge >= 0.3 is 0 Å². The zero-order valence-electron chi connectivity index (χ0n) is 18.0. The fraction of sp³-hybridized carbons (Fsp3) is 0.348. The lowest BCUT2D eigenvalue weighted by atomic mass is 9.86. The smallest absolute Gasteiger partial charge is 0.214 e. The summed E-state index contributed by atoms with van der Waals surface area (Å²) < 4.78 is 1.94. The fourth-order valence-electron chi connectivity index (χ4n) is 3.54. The molecule has 0 aliphatic carbocycles. The molecule has 0 fully saturated rings. The van der Waals surface area contributed by atoms with Crippen molar-refractivity contribution in [3.05, 3.63) is 81.6 Å². The highest BCUT2D eigenvalue weighted by Gasteiger charge is 2.33. The number of nitrogens with one attached hydrogen (secondary N) is 1. The number of tetrazole rings is 1. The number of rotatable bonds is 6. The maximum atomic E-state index is 6.37. The van der Waals surface area contributed by atoms with Crippen molar-refractivity contribution < 1.29 is 4.90 Å². The summed E-state index contributed by atoms with van der Waals surface area (Å²) in [5.74, 6) is 0.827. The molecule has 1 N–H and O–H groups in total. The molecular weight excluding hydrogens is 417 g/mol. The molecule has 0 radical (unpaired) electrons. The second kappa shape index (κ2) is 9.29. The van der Waals surface area contributed by atoms with Gasteiger partial charge in [0.25, 0.3) is 0 Å². The van der Waals surface area contributed by atoms with E-state index >= 15 is 0 Å². The highest BCUT2D eigenvalue weighted by molar-refractivity contribution is 6.35. The maximum Gasteiger partial charge on any atom is 0.214 e. The highest BCUT2D eigenvalue weighted by atomic mass is 35.5. The molecule has 0 saturated heterocycles. The minimum atomic E-state index is -0.123. The van der Waals surface area contributed by atoms with Crippen LogP contribution in [0.1, 0.15) is 49.8 Å². The highest BCUT2D eigenvalue weighted by Crippen LogP contribution is 2.34. The van der Waals surface area contributed by atoms with E-state index in [1.165, 1.54) is 10.5 Å². The zero-order chi connectivity index (χ0) is 21.9. The van der Waals surface area contributed by atoms with Crippen LogP contribution in [-0.2, 0) is 0 Å². The summed E-state index contributed by atoms with van der Waals surface area (Å²) in [4.78, 5) is 1.23. The van der Waals surface area contributed by atoms with Gasteiger partial charge in [-0.25, -0.2) is 4.68 Å². The van der Waals surface area contributed by atoms with Crippen molar-refractivity contribution in [1.82, 2.24) is 20.2 Å². The molecule has 0 spiro atoms. The van der Waals surface area contributed by atoms with Crippen LogP contribution in [0.3, 0.4) is 0 Å². The standard InChI is InChI=1S/C23H27Cl2N5/c1-23(2,3)20(14-12-16-11-13-18(24)15-19(16)25)30-22(26-27-28-30)21(29(4)5)17-9-7-6-8-10-17/h6-15,20-21H,1-5H3/p+1/t20-,21+/m0/s1. The average molecular weight is 445 g/mol. The Hall–Kier alpha value is -2.21. The molecule has 2 aromatic carbocycles. The first-order chi connectivity index (χ1) is 14.2. The van der Waals surface area contributed by atoms with E-state index in [1.807, 2.05) is 41.1 Å². The van der Waals surface area contributed by atoms with Gasteiger partial charge in [-0.2, -0.15) is 0 Å². The predicted octanol–water partition coefficient (Wildman–Crippen LogP) is 4.51. The second-order valence-corrected chi connectivity index (χ2v) is 9.58. The number of halogens is 2. The minimum absolute atomic E-state index is 0.0126. The molecule has 3 aromatic rings. The van der Waals surface area contributed by atoms with Gasteiger partial charge in [-0.1, -0.05) is 92.5 Å². The maximum absolute atomic E-state index is 6.37. The molecule has 0 aliphatic rings. The topological polar surface area (TPSA) is 48.0 Å². The van der Waals surface area contributed by atoms with Crippen LogP contribution < -0.4 is 4.90 Å². The first-order valence-electron chi connectivity index (χ1n) is 9.94. The molecular formula is C23H28Cl2N5+. The summed E-state index contributed by atoms with van der Waals surface area (Å²) in [6, 6.07) is 15.8. The molecule has 3 rings (SSSR count). The van der Waals surface area contributed by atoms with Crippen LogP contribution in [0, 0.1) is 5.41 Å². The molecule has 2 atom stereocenters. The van der Waals surface area contributed by atoms with Crippen molar-refractivity contribution in [3.8, 4) is 0 Å². The Labute approximate surface area is 188 Å². The van der Waals surface area contributed by atoms with Gasteiger partial charge in [0, 0.05) is 15.6 Å². The van der Waals surface area contributed by atoms with Crippen LogP contribution in [0.15, 0.2) is 54.6 Å². The van der Waals surface area contributed by atoms with Gasteiger partial charge in [0.15, 0.2) is 6.04 Å². The van der Waals surface area contributed by atoms with E-state index in [0.29, 0.717) is 10.0 Å². The third kappa shape index (κ3) is 5.09. The number of nitrogens with zero attached hydrogens (tertiary/aromatic N) is 4. The van der Waals surface area contributed by atoms with E-state index < -0.39 is 0 Å². The molecule has 1 aromatic heterocycles. The quantitative estimate of drug-likeness (QED) is 0.607. The Morgan fingerprint density at radius 1 is 1.03 bits per heavy atom. The van der Waals surface area contributed by atoms with Crippen LogP contribution in [-0.4, -0.2) is 34.3 Å². The van der Waals surface area contributed by atoms with Crippen molar-refractivity contribution in [3.63, 3.8) is 0 Å². The third-order valence-electron chi connectivity index (χ3n) is 5.06. The number of hydrogen-bond donors (Lipinski definition) is 1. The summed E-state index contributed by atoms with van der Waals surface area (Å²) in [5.41, 5.74) is 1.95. The number of quaternary nitrogens is 1. The van der Waals surface area contributed by atoms with E-state index in [4.69, 9.17) is 23.2 Å². The van der Waals surface area contributed by atoms with Crippen molar-refractivity contribution in [2.75, 3.05) is 14.1 Å². The van der Waals surface area contributed by atoms with Crippen LogP contribution in [0.4, 0.5) is 0 Å². The van der Waals surface area contributed by atoms with Gasteiger partial charge in [0.1, 0.15) is 0 Å². The van der Waals surface area contributed by atoms with E-state index in [9.17, 15) is 0 Å². The Morgan fingerprint density at radius 3 is 2.33 bits per heavy atom. The van der Waals surface area contributed by atoms with Gasteiger partial charge < -0.3 is 4.90 Å². The van der Waals surface area contributed by atoms with E-state index in [1.54, 1.807) is 6.07 Å². The normalized spacial score (nSPS) is 14.4. The average Bonchev–Trinajstić information content (AvgIpc) is 3.12. The van der Waals surface area contributed by atoms with Crippen LogP contribution in [0.5, 0.6) is 0 Å². The molecule has 0 amide bonds. The second-order valence-electron chi connectivity index (χ2n) is 8.74. The monoisotopic (exact) mass is 444 g/mol. The third-order valence-corrected chi connectivity index (χ3v) is 5.62. The minimum Gasteiger partial charge on any atom is -0.327 e. The number of benzene rings is 2. The Morgan fingerprint density at radius 2 is 1.73 bits per heavy atom. The summed E-state index contributed by atoms with van der Waals surface area (Å²) in [7, 11) is 4.23. The van der Waals surface area contributed by atoms with Gasteiger partial charge in [0.05, 0.1) is 20.1 Å². The SMILES string of the molecule is C[NH+](C)[C@H](c1ccccc1)c1nnnn1[C@@H](C=Cc1ccc(Cl)cc1Cl)C(C)(C)C. The molecule has 1 heterocycles. The van der Waals surface area contributed by atoms with Crippen LogP contribution in [0.25, 0.3) is 6.08 Å². The molecule has 158 valence electrons. The Balaban J connectivity index is 2.05. The lowest BCUT2D eigenvalue weighted by Gasteiger charge is -2.30. The molecule has 0 aliphatic heterocycles. The number of hydrogen-bond acceptors (Lipinski definition) is 3. The summed E-state index contributed by atoms with van der Waals surface area (Å²) >= 11 is 12.4. The van der Waals surface area contributed by atoms with Crippen LogP contribution in [0.2, 0.25) is 10.0 Å². The molecule has 0 saturated carbocycles. The van der Waals surface area contributed by atoms with E-state index in [0.717, 1.165) is 11.4 Å². The van der Waals surface area contributed by atoms with E-state index in [-0.39, 0.29) is 17.5 Å². The number of allylic oxidation sites excluding steroid dienone is 1. The lowest BCUT2D eigenvalue weighted by Crippen LogP contribution is -3.06. The molecule has 30 heavy (non-hydrogen) atoms. The Bertz CT molecular complexity index is 1010. The summed E-state index contributed by atoms with van der Waals surface area (Å²) in [5, 5.41) is 14.1. The summed E-state index contributed by atoms with van der Waals surface area (Å²) in [6.07, 6.45) is 4.13. The van der Waals surface area contributed by atoms with Crippen molar-refractivity contribution in [1.29, 1.82) is 0 Å². The first kappa shape index (κ1) is 22.5. The zero-order valence-corrected chi connectivity index (χ0v) is 19.5. The van der Waals surface area contributed by atoms with E-state index in [2.05, 4.69) is 68.6 Å². The largest absolute Gasteiger partial charge is 0.327 e. The van der Waals surface area contributed by atoms with Gasteiger partial charge in [0.2, 0.25) is 5.82 Å². The van der Waals surface area contributed by atoms with Crippen molar-refractivity contribution in [2.24, 2.45) is 5.41 Å². The van der Waals surface area contributed by atoms with Crippen molar-refractivity contribution >= 4 is 29.3 Å². The van der Waals surface area contributed by atoms with Gasteiger partial charge in [-0.3, -0.25) is 0 Å². The Kier molecular flexibility index (Phi) is 6.96.